The Morgan fingerprint density at radius 2 is 1.69 bits per heavy atom. The van der Waals surface area contributed by atoms with Crippen molar-refractivity contribution in [2.75, 3.05) is 5.75 Å². The summed E-state index contributed by atoms with van der Waals surface area (Å²) < 4.78 is 19.4. The SMILES string of the molecule is CCCCCCCCS(=O)(O)=S.[H-].[Na+]. The molecular weight excluding hydrogens is 215 g/mol. The van der Waals surface area contributed by atoms with Gasteiger partial charge in [0.05, 0.1) is 0 Å². The van der Waals surface area contributed by atoms with Gasteiger partial charge in [-0.25, -0.2) is 4.21 Å². The van der Waals surface area contributed by atoms with Gasteiger partial charge in [0.2, 0.25) is 0 Å². The second-order valence-electron chi connectivity index (χ2n) is 3.05. The van der Waals surface area contributed by atoms with E-state index in [4.69, 9.17) is 4.55 Å². The Hall–Kier alpha value is 1.33. The van der Waals surface area contributed by atoms with Gasteiger partial charge in [0.1, 0.15) is 8.77 Å². The quantitative estimate of drug-likeness (QED) is 0.485. The fourth-order valence-corrected chi connectivity index (χ4v) is 1.99. The molecule has 0 aliphatic heterocycles. The van der Waals surface area contributed by atoms with Crippen molar-refractivity contribution in [3.63, 3.8) is 0 Å². The van der Waals surface area contributed by atoms with E-state index < -0.39 is 8.77 Å². The number of hydrogen-bond acceptors (Lipinski definition) is 2. The number of hydrogen-bond donors (Lipinski definition) is 1. The molecule has 0 saturated carbocycles. The van der Waals surface area contributed by atoms with E-state index >= 15 is 0 Å². The van der Waals surface area contributed by atoms with Gasteiger partial charge in [-0.2, -0.15) is 0 Å². The zero-order chi connectivity index (χ0) is 9.45. The van der Waals surface area contributed by atoms with Crippen molar-refractivity contribution in [2.45, 2.75) is 45.4 Å². The summed E-state index contributed by atoms with van der Waals surface area (Å²) in [5.74, 6) is 0.286. The van der Waals surface area contributed by atoms with Gasteiger partial charge in [-0.3, -0.25) is 0 Å². The zero-order valence-corrected chi connectivity index (χ0v) is 12.3. The first kappa shape index (κ1) is 16.7. The zero-order valence-electron chi connectivity index (χ0n) is 9.62. The summed E-state index contributed by atoms with van der Waals surface area (Å²) in [4.78, 5) is 0. The minimum Gasteiger partial charge on any atom is -1.00 e. The van der Waals surface area contributed by atoms with Crippen molar-refractivity contribution in [1.82, 2.24) is 0 Å². The van der Waals surface area contributed by atoms with Crippen LogP contribution in [0, 0.1) is 0 Å². The third-order valence-corrected chi connectivity index (χ3v) is 3.06. The average molecular weight is 234 g/mol. The third kappa shape index (κ3) is 16.0. The van der Waals surface area contributed by atoms with Gasteiger partial charge >= 0.3 is 29.6 Å². The maximum Gasteiger partial charge on any atom is 1.00 e. The van der Waals surface area contributed by atoms with Crippen molar-refractivity contribution in [3.05, 3.63) is 0 Å². The van der Waals surface area contributed by atoms with Crippen LogP contribution in [0.1, 0.15) is 46.9 Å². The van der Waals surface area contributed by atoms with E-state index in [9.17, 15) is 4.21 Å². The summed E-state index contributed by atoms with van der Waals surface area (Å²) in [5, 5.41) is 0. The first-order valence-electron chi connectivity index (χ1n) is 4.51. The molecule has 0 amide bonds. The Bertz CT molecular complexity index is 196. The summed E-state index contributed by atoms with van der Waals surface area (Å²) in [6, 6.07) is 0. The minimum atomic E-state index is -2.88. The van der Waals surface area contributed by atoms with Gasteiger partial charge in [-0.1, -0.05) is 39.0 Å². The Balaban J connectivity index is -0.000000605. The molecule has 13 heavy (non-hydrogen) atoms. The fourth-order valence-electron chi connectivity index (χ4n) is 1.06. The van der Waals surface area contributed by atoms with Crippen LogP contribution in [0.5, 0.6) is 0 Å². The van der Waals surface area contributed by atoms with Crippen LogP contribution in [-0.2, 0) is 20.0 Å². The molecule has 0 aromatic carbocycles. The van der Waals surface area contributed by atoms with E-state index in [-0.39, 0.29) is 36.7 Å². The number of rotatable bonds is 7. The van der Waals surface area contributed by atoms with Crippen LogP contribution in [0.3, 0.4) is 0 Å². The van der Waals surface area contributed by atoms with Crippen LogP contribution in [0.2, 0.25) is 0 Å². The molecular formula is C8H19NaO2S2. The molecule has 76 valence electrons. The van der Waals surface area contributed by atoms with Gasteiger partial charge < -0.3 is 5.98 Å². The second kappa shape index (κ2) is 9.87. The molecule has 0 aliphatic carbocycles. The smallest absolute Gasteiger partial charge is 1.00 e. The van der Waals surface area contributed by atoms with Crippen LogP contribution < -0.4 is 29.6 Å². The first-order chi connectivity index (χ1) is 5.56. The summed E-state index contributed by atoms with van der Waals surface area (Å²) >= 11 is 4.37. The predicted octanol–water partition coefficient (Wildman–Crippen LogP) is -0.317. The molecule has 1 unspecified atom stereocenters. The van der Waals surface area contributed by atoms with Crippen LogP contribution >= 0.6 is 0 Å². The Morgan fingerprint density at radius 1 is 1.23 bits per heavy atom. The summed E-state index contributed by atoms with van der Waals surface area (Å²) in [6.07, 6.45) is 6.73. The van der Waals surface area contributed by atoms with Gasteiger partial charge in [-0.05, 0) is 6.42 Å². The Morgan fingerprint density at radius 3 is 2.15 bits per heavy atom. The molecule has 0 radical (unpaired) electrons. The van der Waals surface area contributed by atoms with E-state index in [1.54, 1.807) is 0 Å². The Kier molecular flexibility index (Phi) is 12.7. The summed E-state index contributed by atoms with van der Waals surface area (Å²) in [6.45, 7) is 2.17. The molecule has 2 nitrogen and oxygen atoms in total. The van der Waals surface area contributed by atoms with Crippen LogP contribution in [0.4, 0.5) is 0 Å². The maximum absolute atomic E-state index is 10.6. The van der Waals surface area contributed by atoms with Gasteiger partial charge in [0.15, 0.2) is 0 Å². The van der Waals surface area contributed by atoms with E-state index in [0.29, 0.717) is 0 Å². The topological polar surface area (TPSA) is 37.3 Å². The van der Waals surface area contributed by atoms with Crippen molar-refractivity contribution in [1.29, 1.82) is 0 Å². The largest absolute Gasteiger partial charge is 1.00 e. The van der Waals surface area contributed by atoms with Crippen LogP contribution in [0.25, 0.3) is 0 Å². The molecule has 1 atom stereocenters. The molecule has 0 saturated heterocycles. The molecule has 0 aliphatic rings. The molecule has 5 heteroatoms. The molecule has 0 spiro atoms. The van der Waals surface area contributed by atoms with Gasteiger partial charge in [0, 0.05) is 16.9 Å². The average Bonchev–Trinajstić information content (AvgIpc) is 1.94. The fraction of sp³-hybridized carbons (Fsp3) is 1.00. The van der Waals surface area contributed by atoms with Crippen molar-refractivity contribution < 1.29 is 39.7 Å². The van der Waals surface area contributed by atoms with Crippen molar-refractivity contribution >= 4 is 20.0 Å². The standard InChI is InChI=1S/C8H18O2S2.Na.H/c1-2-3-4-5-6-7-8-12(9,10)11;;/h2-8H2,1H3,(H,9,10,11);;/q;+1;-1. The molecule has 0 aromatic rings. The van der Waals surface area contributed by atoms with E-state index in [2.05, 4.69) is 18.1 Å². The monoisotopic (exact) mass is 234 g/mol. The van der Waals surface area contributed by atoms with Crippen molar-refractivity contribution in [2.24, 2.45) is 0 Å². The normalized spacial score (nSPS) is 14.6. The molecule has 1 N–H and O–H groups in total. The second-order valence-corrected chi connectivity index (χ2v) is 6.19. The Labute approximate surface area is 110 Å². The maximum atomic E-state index is 10.6. The molecule has 0 bridgehead atoms. The van der Waals surface area contributed by atoms with Crippen LogP contribution in [-0.4, -0.2) is 14.5 Å². The third-order valence-electron chi connectivity index (χ3n) is 1.76. The number of unbranched alkanes of at least 4 members (excludes halogenated alkanes) is 5. The summed E-state index contributed by atoms with van der Waals surface area (Å²) in [5.41, 5.74) is 0. The van der Waals surface area contributed by atoms with E-state index in [1.165, 1.54) is 25.7 Å². The van der Waals surface area contributed by atoms with E-state index in [0.717, 1.165) is 12.8 Å². The van der Waals surface area contributed by atoms with E-state index in [1.807, 2.05) is 0 Å². The van der Waals surface area contributed by atoms with Gasteiger partial charge in [-0.15, -0.1) is 0 Å². The predicted molar refractivity (Wildman–Crippen MR) is 57.5 cm³/mol. The first-order valence-corrected chi connectivity index (χ1v) is 7.12. The van der Waals surface area contributed by atoms with Gasteiger partial charge in [0.25, 0.3) is 0 Å². The van der Waals surface area contributed by atoms with Crippen molar-refractivity contribution in [3.8, 4) is 0 Å². The molecule has 0 fully saturated rings. The summed E-state index contributed by atoms with van der Waals surface area (Å²) in [7, 11) is -2.88. The minimum absolute atomic E-state index is 0. The molecule has 0 heterocycles. The molecule has 0 rings (SSSR count). The molecule has 0 aromatic heterocycles. The van der Waals surface area contributed by atoms with Crippen LogP contribution in [0.15, 0.2) is 0 Å².